The van der Waals surface area contributed by atoms with Gasteiger partial charge >= 0.3 is 0 Å². The van der Waals surface area contributed by atoms with Crippen LogP contribution in [-0.2, 0) is 4.74 Å². The zero-order valence-corrected chi connectivity index (χ0v) is 10.2. The first-order valence-electron chi connectivity index (χ1n) is 5.60. The van der Waals surface area contributed by atoms with Crippen LogP contribution < -0.4 is 10.6 Å². The third-order valence-electron chi connectivity index (χ3n) is 2.28. The minimum absolute atomic E-state index is 0.774. The monoisotopic (exact) mass is 224 g/mol. The number of anilines is 2. The summed E-state index contributed by atoms with van der Waals surface area (Å²) in [5, 5.41) is 6.31. The van der Waals surface area contributed by atoms with Crippen molar-refractivity contribution in [3.63, 3.8) is 0 Å². The van der Waals surface area contributed by atoms with E-state index in [0.29, 0.717) is 0 Å². The van der Waals surface area contributed by atoms with Gasteiger partial charge in [0.05, 0.1) is 0 Å². The van der Waals surface area contributed by atoms with Crippen LogP contribution in [0.25, 0.3) is 0 Å². The zero-order chi connectivity index (χ0) is 11.8. The summed E-state index contributed by atoms with van der Waals surface area (Å²) >= 11 is 0. The predicted molar refractivity (Wildman–Crippen MR) is 65.9 cm³/mol. The van der Waals surface area contributed by atoms with E-state index in [0.717, 1.165) is 43.4 Å². The number of ether oxygens (including phenoxy) is 1. The lowest BCUT2D eigenvalue weighted by Crippen LogP contribution is -2.09. The van der Waals surface area contributed by atoms with Crippen molar-refractivity contribution in [2.45, 2.75) is 20.3 Å². The molecule has 1 aromatic heterocycles. The van der Waals surface area contributed by atoms with Gasteiger partial charge in [-0.1, -0.05) is 0 Å². The molecule has 2 N–H and O–H groups in total. The summed E-state index contributed by atoms with van der Waals surface area (Å²) in [6.07, 6.45) is 2.54. The number of hydrogen-bond donors (Lipinski definition) is 2. The molecule has 0 radical (unpaired) electrons. The average Bonchev–Trinajstić information content (AvgIpc) is 2.31. The Morgan fingerprint density at radius 2 is 2.06 bits per heavy atom. The lowest BCUT2D eigenvalue weighted by atomic mass is 10.3. The number of hydrogen-bond acceptors (Lipinski definition) is 5. The summed E-state index contributed by atoms with van der Waals surface area (Å²) in [6.45, 7) is 6.42. The standard InChI is InChI=1S/C11H20N4O/c1-4-16-7-5-6-13-11-9(2)10(12-3)14-8-15-11/h8H,4-7H2,1-3H3,(H2,12,13,14,15). The van der Waals surface area contributed by atoms with Crippen LogP contribution in [0.3, 0.4) is 0 Å². The molecule has 0 aliphatic rings. The number of nitrogens with zero attached hydrogens (tertiary/aromatic N) is 2. The molecule has 0 fully saturated rings. The summed E-state index contributed by atoms with van der Waals surface area (Å²) in [7, 11) is 1.86. The van der Waals surface area contributed by atoms with E-state index >= 15 is 0 Å². The van der Waals surface area contributed by atoms with Crippen LogP contribution in [0.15, 0.2) is 6.33 Å². The van der Waals surface area contributed by atoms with Crippen molar-refractivity contribution in [1.29, 1.82) is 0 Å². The molecule has 0 aliphatic carbocycles. The van der Waals surface area contributed by atoms with Crippen molar-refractivity contribution in [1.82, 2.24) is 9.97 Å². The Hall–Kier alpha value is -1.36. The molecule has 0 spiro atoms. The molecule has 90 valence electrons. The van der Waals surface area contributed by atoms with Gasteiger partial charge in [-0.2, -0.15) is 0 Å². The van der Waals surface area contributed by atoms with Crippen molar-refractivity contribution >= 4 is 11.6 Å². The lowest BCUT2D eigenvalue weighted by Gasteiger charge is -2.10. The fourth-order valence-electron chi connectivity index (χ4n) is 1.41. The van der Waals surface area contributed by atoms with Gasteiger partial charge in [-0.3, -0.25) is 0 Å². The van der Waals surface area contributed by atoms with E-state index in [4.69, 9.17) is 4.74 Å². The molecule has 0 aromatic carbocycles. The second-order valence-electron chi connectivity index (χ2n) is 3.42. The summed E-state index contributed by atoms with van der Waals surface area (Å²) < 4.78 is 5.26. The molecule has 5 heteroatoms. The zero-order valence-electron chi connectivity index (χ0n) is 10.2. The molecular formula is C11H20N4O. The molecule has 0 aliphatic heterocycles. The van der Waals surface area contributed by atoms with E-state index in [2.05, 4.69) is 20.6 Å². The van der Waals surface area contributed by atoms with Crippen LogP contribution in [0.4, 0.5) is 11.6 Å². The van der Waals surface area contributed by atoms with E-state index < -0.39 is 0 Å². The van der Waals surface area contributed by atoms with E-state index in [-0.39, 0.29) is 0 Å². The van der Waals surface area contributed by atoms with Crippen molar-refractivity contribution in [3.05, 3.63) is 11.9 Å². The first-order chi connectivity index (χ1) is 7.79. The van der Waals surface area contributed by atoms with Gasteiger partial charge in [0.15, 0.2) is 0 Å². The van der Waals surface area contributed by atoms with E-state index in [1.165, 1.54) is 0 Å². The molecule has 1 aromatic rings. The molecule has 5 nitrogen and oxygen atoms in total. The molecular weight excluding hydrogens is 204 g/mol. The fraction of sp³-hybridized carbons (Fsp3) is 0.636. The summed E-state index contributed by atoms with van der Waals surface area (Å²) in [4.78, 5) is 8.33. The SMILES string of the molecule is CCOCCCNc1ncnc(NC)c1C. The molecule has 1 heterocycles. The summed E-state index contributed by atoms with van der Waals surface area (Å²) in [5.41, 5.74) is 1.04. The lowest BCUT2D eigenvalue weighted by molar-refractivity contribution is 0.147. The molecule has 0 saturated carbocycles. The molecule has 0 atom stereocenters. The van der Waals surface area contributed by atoms with Crippen molar-refractivity contribution in [2.75, 3.05) is 37.4 Å². The van der Waals surface area contributed by atoms with Gasteiger partial charge in [-0.25, -0.2) is 9.97 Å². The Morgan fingerprint density at radius 3 is 2.75 bits per heavy atom. The third-order valence-corrected chi connectivity index (χ3v) is 2.28. The van der Waals surface area contributed by atoms with Gasteiger partial charge in [0.1, 0.15) is 18.0 Å². The van der Waals surface area contributed by atoms with E-state index in [1.54, 1.807) is 6.33 Å². The van der Waals surface area contributed by atoms with Crippen LogP contribution >= 0.6 is 0 Å². The Balaban J connectivity index is 2.41. The Bertz CT molecular complexity index is 317. The maximum absolute atomic E-state index is 5.26. The highest BCUT2D eigenvalue weighted by Crippen LogP contribution is 2.16. The van der Waals surface area contributed by atoms with E-state index in [1.807, 2.05) is 20.9 Å². The van der Waals surface area contributed by atoms with Crippen LogP contribution in [0.2, 0.25) is 0 Å². The van der Waals surface area contributed by atoms with Crippen LogP contribution in [-0.4, -0.2) is 36.8 Å². The Labute approximate surface area is 96.6 Å². The molecule has 0 saturated heterocycles. The predicted octanol–water partition coefficient (Wildman–Crippen LogP) is 1.67. The molecule has 0 unspecified atom stereocenters. The molecule has 0 bridgehead atoms. The smallest absolute Gasteiger partial charge is 0.134 e. The number of aromatic nitrogens is 2. The minimum Gasteiger partial charge on any atom is -0.382 e. The summed E-state index contributed by atoms with van der Waals surface area (Å²) in [5.74, 6) is 1.75. The highest BCUT2D eigenvalue weighted by molar-refractivity contribution is 5.55. The minimum atomic E-state index is 0.774. The average molecular weight is 224 g/mol. The quantitative estimate of drug-likeness (QED) is 0.690. The van der Waals surface area contributed by atoms with Crippen LogP contribution in [0.5, 0.6) is 0 Å². The van der Waals surface area contributed by atoms with Gasteiger partial charge in [0.2, 0.25) is 0 Å². The Morgan fingerprint density at radius 1 is 1.31 bits per heavy atom. The highest BCUT2D eigenvalue weighted by atomic mass is 16.5. The first kappa shape index (κ1) is 12.7. The normalized spacial score (nSPS) is 10.2. The van der Waals surface area contributed by atoms with Crippen LogP contribution in [0, 0.1) is 6.92 Å². The van der Waals surface area contributed by atoms with Crippen LogP contribution in [0.1, 0.15) is 18.9 Å². The van der Waals surface area contributed by atoms with Gasteiger partial charge in [0.25, 0.3) is 0 Å². The van der Waals surface area contributed by atoms with Gasteiger partial charge in [-0.15, -0.1) is 0 Å². The van der Waals surface area contributed by atoms with Crippen molar-refractivity contribution in [2.24, 2.45) is 0 Å². The Kier molecular flexibility index (Phi) is 5.56. The summed E-state index contributed by atoms with van der Waals surface area (Å²) in [6, 6.07) is 0. The molecule has 1 rings (SSSR count). The highest BCUT2D eigenvalue weighted by Gasteiger charge is 2.04. The fourth-order valence-corrected chi connectivity index (χ4v) is 1.41. The topological polar surface area (TPSA) is 59.1 Å². The van der Waals surface area contributed by atoms with E-state index in [9.17, 15) is 0 Å². The van der Waals surface area contributed by atoms with Gasteiger partial charge in [0, 0.05) is 32.4 Å². The second kappa shape index (κ2) is 7.00. The largest absolute Gasteiger partial charge is 0.382 e. The first-order valence-corrected chi connectivity index (χ1v) is 5.60. The number of rotatable bonds is 7. The maximum atomic E-state index is 5.26. The molecule has 16 heavy (non-hydrogen) atoms. The van der Waals surface area contributed by atoms with Crippen molar-refractivity contribution < 1.29 is 4.74 Å². The third kappa shape index (κ3) is 3.66. The van der Waals surface area contributed by atoms with Gasteiger partial charge in [-0.05, 0) is 20.3 Å². The maximum Gasteiger partial charge on any atom is 0.134 e. The van der Waals surface area contributed by atoms with Gasteiger partial charge < -0.3 is 15.4 Å². The molecule has 0 amide bonds. The van der Waals surface area contributed by atoms with Crippen molar-refractivity contribution in [3.8, 4) is 0 Å². The second-order valence-corrected chi connectivity index (χ2v) is 3.42. The number of nitrogens with one attached hydrogen (secondary N) is 2.